The normalized spacial score (nSPS) is 15.4. The predicted octanol–water partition coefficient (Wildman–Crippen LogP) is 0.545. The lowest BCUT2D eigenvalue weighted by Crippen LogP contribution is -2.32. The van der Waals surface area contributed by atoms with Gasteiger partial charge in [0.05, 0.1) is 5.69 Å². The van der Waals surface area contributed by atoms with Gasteiger partial charge in [-0.3, -0.25) is 4.79 Å². The maximum atomic E-state index is 11.7. The first-order chi connectivity index (χ1) is 7.16. The lowest BCUT2D eigenvalue weighted by Gasteiger charge is -2.17. The van der Waals surface area contributed by atoms with Crippen LogP contribution in [0.15, 0.2) is 10.9 Å². The number of nitrogens with zero attached hydrogens (tertiary/aromatic N) is 2. The first kappa shape index (κ1) is 10.4. The molecule has 0 aromatic carbocycles. The molecule has 0 bridgehead atoms. The molecule has 1 aromatic heterocycles. The number of rotatable bonds is 2. The van der Waals surface area contributed by atoms with Crippen molar-refractivity contribution in [1.29, 1.82) is 0 Å². The Morgan fingerprint density at radius 2 is 2.40 bits per heavy atom. The summed E-state index contributed by atoms with van der Waals surface area (Å²) in [5.41, 5.74) is 2.16. The summed E-state index contributed by atoms with van der Waals surface area (Å²) in [6.07, 6.45) is 0.924. The van der Waals surface area contributed by atoms with E-state index >= 15 is 0 Å². The minimum absolute atomic E-state index is 0.0196. The van der Waals surface area contributed by atoms with Gasteiger partial charge in [0.1, 0.15) is 0 Å². The van der Waals surface area contributed by atoms with Gasteiger partial charge in [-0.1, -0.05) is 13.8 Å². The number of nitrogens with one attached hydrogen (secondary N) is 1. The first-order valence-corrected chi connectivity index (χ1v) is 5.47. The predicted molar refractivity (Wildman–Crippen MR) is 58.7 cm³/mol. The second-order valence-corrected chi connectivity index (χ2v) is 4.46. The topological polar surface area (TPSA) is 46.9 Å². The van der Waals surface area contributed by atoms with Gasteiger partial charge in [0.15, 0.2) is 0 Å². The largest absolute Gasteiger partial charge is 0.312 e. The first-order valence-electron chi connectivity index (χ1n) is 5.47. The van der Waals surface area contributed by atoms with Crippen molar-refractivity contribution in [3.05, 3.63) is 27.7 Å². The summed E-state index contributed by atoms with van der Waals surface area (Å²) in [6, 6.07) is 1.72. The SMILES string of the molecule is CC(C)Cn1nc2c(cc1=O)CNCC2. The highest BCUT2D eigenvalue weighted by Crippen LogP contribution is 2.08. The van der Waals surface area contributed by atoms with Crippen molar-refractivity contribution in [2.24, 2.45) is 5.92 Å². The van der Waals surface area contributed by atoms with Gasteiger partial charge in [0.25, 0.3) is 5.56 Å². The molecule has 2 heterocycles. The number of aromatic nitrogens is 2. The van der Waals surface area contributed by atoms with E-state index in [1.165, 1.54) is 0 Å². The molecule has 4 heteroatoms. The Balaban J connectivity index is 2.36. The maximum absolute atomic E-state index is 11.7. The van der Waals surface area contributed by atoms with Crippen LogP contribution in [0.4, 0.5) is 0 Å². The van der Waals surface area contributed by atoms with Crippen LogP contribution in [-0.4, -0.2) is 16.3 Å². The molecule has 1 aliphatic heterocycles. The van der Waals surface area contributed by atoms with Crippen LogP contribution in [0.1, 0.15) is 25.1 Å². The Labute approximate surface area is 89.3 Å². The van der Waals surface area contributed by atoms with Crippen LogP contribution in [-0.2, 0) is 19.5 Å². The van der Waals surface area contributed by atoms with Crippen molar-refractivity contribution < 1.29 is 0 Å². The van der Waals surface area contributed by atoms with E-state index in [0.29, 0.717) is 12.5 Å². The van der Waals surface area contributed by atoms with Gasteiger partial charge in [-0.2, -0.15) is 5.10 Å². The number of hydrogen-bond acceptors (Lipinski definition) is 3. The third-order valence-electron chi connectivity index (χ3n) is 2.56. The number of hydrogen-bond donors (Lipinski definition) is 1. The van der Waals surface area contributed by atoms with E-state index in [1.54, 1.807) is 10.7 Å². The fourth-order valence-electron chi connectivity index (χ4n) is 1.84. The minimum atomic E-state index is 0.0196. The van der Waals surface area contributed by atoms with Gasteiger partial charge >= 0.3 is 0 Å². The summed E-state index contributed by atoms with van der Waals surface area (Å²) in [5.74, 6) is 0.454. The molecule has 1 aliphatic rings. The molecule has 82 valence electrons. The molecule has 15 heavy (non-hydrogen) atoms. The summed E-state index contributed by atoms with van der Waals surface area (Å²) < 4.78 is 1.59. The van der Waals surface area contributed by atoms with Crippen molar-refractivity contribution in [1.82, 2.24) is 15.1 Å². The molecule has 0 amide bonds. The zero-order valence-corrected chi connectivity index (χ0v) is 9.29. The Morgan fingerprint density at radius 1 is 1.60 bits per heavy atom. The molecule has 0 atom stereocenters. The highest BCUT2D eigenvalue weighted by molar-refractivity contribution is 5.20. The molecular weight excluding hydrogens is 190 g/mol. The zero-order chi connectivity index (χ0) is 10.8. The van der Waals surface area contributed by atoms with Gasteiger partial charge in [0.2, 0.25) is 0 Å². The summed E-state index contributed by atoms with van der Waals surface area (Å²) >= 11 is 0. The molecule has 0 spiro atoms. The smallest absolute Gasteiger partial charge is 0.267 e. The molecule has 0 saturated heterocycles. The van der Waals surface area contributed by atoms with E-state index < -0.39 is 0 Å². The van der Waals surface area contributed by atoms with Gasteiger partial charge in [-0.25, -0.2) is 4.68 Å². The average Bonchev–Trinajstić information content (AvgIpc) is 2.18. The molecule has 0 radical (unpaired) electrons. The summed E-state index contributed by atoms with van der Waals surface area (Å²) in [7, 11) is 0. The second kappa shape index (κ2) is 4.14. The summed E-state index contributed by atoms with van der Waals surface area (Å²) in [4.78, 5) is 11.7. The molecule has 1 N–H and O–H groups in total. The minimum Gasteiger partial charge on any atom is -0.312 e. The van der Waals surface area contributed by atoms with Crippen molar-refractivity contribution in [2.45, 2.75) is 33.4 Å². The van der Waals surface area contributed by atoms with Crippen LogP contribution in [0.2, 0.25) is 0 Å². The fraction of sp³-hybridized carbons (Fsp3) is 0.636. The van der Waals surface area contributed by atoms with E-state index in [0.717, 1.165) is 30.8 Å². The molecule has 1 aromatic rings. The fourth-order valence-corrected chi connectivity index (χ4v) is 1.84. The maximum Gasteiger partial charge on any atom is 0.267 e. The van der Waals surface area contributed by atoms with Crippen LogP contribution in [0.5, 0.6) is 0 Å². The molecule has 0 aliphatic carbocycles. The Bertz CT molecular complexity index is 409. The summed E-state index contributed by atoms with van der Waals surface area (Å²) in [6.45, 7) is 6.63. The van der Waals surface area contributed by atoms with E-state index in [1.807, 2.05) is 0 Å². The highest BCUT2D eigenvalue weighted by atomic mass is 16.1. The van der Waals surface area contributed by atoms with E-state index in [2.05, 4.69) is 24.3 Å². The average molecular weight is 207 g/mol. The van der Waals surface area contributed by atoms with Crippen molar-refractivity contribution in [3.63, 3.8) is 0 Å². The molecule has 0 fully saturated rings. The van der Waals surface area contributed by atoms with Gasteiger partial charge < -0.3 is 5.32 Å². The standard InChI is InChI=1S/C11H17N3O/c1-8(2)7-14-11(15)5-9-6-12-4-3-10(9)13-14/h5,8,12H,3-4,6-7H2,1-2H3. The van der Waals surface area contributed by atoms with E-state index in [4.69, 9.17) is 0 Å². The van der Waals surface area contributed by atoms with Crippen LogP contribution in [0.3, 0.4) is 0 Å². The van der Waals surface area contributed by atoms with Crippen LogP contribution < -0.4 is 10.9 Å². The van der Waals surface area contributed by atoms with Gasteiger partial charge in [-0.05, 0) is 11.5 Å². The van der Waals surface area contributed by atoms with E-state index in [9.17, 15) is 4.79 Å². The Kier molecular flexibility index (Phi) is 2.86. The Hall–Kier alpha value is -1.16. The zero-order valence-electron chi connectivity index (χ0n) is 9.29. The van der Waals surface area contributed by atoms with Crippen LogP contribution >= 0.6 is 0 Å². The van der Waals surface area contributed by atoms with Crippen LogP contribution in [0, 0.1) is 5.92 Å². The monoisotopic (exact) mass is 207 g/mol. The molecule has 2 rings (SSSR count). The van der Waals surface area contributed by atoms with Crippen molar-refractivity contribution in [2.75, 3.05) is 6.54 Å². The van der Waals surface area contributed by atoms with Crippen LogP contribution in [0.25, 0.3) is 0 Å². The highest BCUT2D eigenvalue weighted by Gasteiger charge is 2.12. The lowest BCUT2D eigenvalue weighted by molar-refractivity contribution is 0.450. The van der Waals surface area contributed by atoms with Crippen molar-refractivity contribution in [3.8, 4) is 0 Å². The van der Waals surface area contributed by atoms with E-state index in [-0.39, 0.29) is 5.56 Å². The summed E-state index contributed by atoms with van der Waals surface area (Å²) in [5, 5.41) is 7.66. The lowest BCUT2D eigenvalue weighted by atomic mass is 10.1. The third kappa shape index (κ3) is 2.26. The quantitative estimate of drug-likeness (QED) is 0.770. The molecule has 0 unspecified atom stereocenters. The van der Waals surface area contributed by atoms with Gasteiger partial charge in [-0.15, -0.1) is 0 Å². The molecular formula is C11H17N3O. The molecule has 0 saturated carbocycles. The second-order valence-electron chi connectivity index (χ2n) is 4.46. The van der Waals surface area contributed by atoms with Gasteiger partial charge in [0, 0.05) is 32.1 Å². The van der Waals surface area contributed by atoms with Crippen molar-refractivity contribution >= 4 is 0 Å². The number of fused-ring (bicyclic) bond motifs is 1. The third-order valence-corrected chi connectivity index (χ3v) is 2.56. The Morgan fingerprint density at radius 3 is 3.13 bits per heavy atom. The molecule has 4 nitrogen and oxygen atoms in total.